The van der Waals surface area contributed by atoms with E-state index in [0.29, 0.717) is 35.3 Å². The maximum atomic E-state index is 12.9. The molecule has 0 radical (unpaired) electrons. The summed E-state index contributed by atoms with van der Waals surface area (Å²) in [6.45, 7) is 4.74. The van der Waals surface area contributed by atoms with E-state index < -0.39 is 10.0 Å². The predicted molar refractivity (Wildman–Crippen MR) is 87.7 cm³/mol. The summed E-state index contributed by atoms with van der Waals surface area (Å²) >= 11 is 1.76. The Hall–Kier alpha value is -1.18. The third-order valence-electron chi connectivity index (χ3n) is 4.44. The molecule has 2 aromatic rings. The molecule has 2 aromatic heterocycles. The van der Waals surface area contributed by atoms with E-state index in [-0.39, 0.29) is 0 Å². The van der Waals surface area contributed by atoms with Gasteiger partial charge in [0.1, 0.15) is 4.90 Å². The highest BCUT2D eigenvalue weighted by Crippen LogP contribution is 2.33. The smallest absolute Gasteiger partial charge is 0.246 e. The van der Waals surface area contributed by atoms with Gasteiger partial charge < -0.3 is 0 Å². The molecule has 0 aromatic carbocycles. The molecule has 0 spiro atoms. The first-order chi connectivity index (χ1) is 10.4. The van der Waals surface area contributed by atoms with E-state index in [1.165, 1.54) is 4.88 Å². The van der Waals surface area contributed by atoms with Crippen LogP contribution in [-0.4, -0.2) is 35.6 Å². The maximum absolute atomic E-state index is 12.9. The van der Waals surface area contributed by atoms with Gasteiger partial charge in [-0.25, -0.2) is 8.42 Å². The van der Waals surface area contributed by atoms with E-state index in [9.17, 15) is 8.42 Å². The Balaban J connectivity index is 1.80. The third kappa shape index (κ3) is 2.61. The Morgan fingerprint density at radius 1 is 1.27 bits per heavy atom. The van der Waals surface area contributed by atoms with Gasteiger partial charge in [0.05, 0.1) is 11.4 Å². The van der Waals surface area contributed by atoms with Gasteiger partial charge in [-0.1, -0.05) is 6.07 Å². The molecule has 3 rings (SSSR count). The van der Waals surface area contributed by atoms with Crippen molar-refractivity contribution in [2.24, 2.45) is 7.05 Å². The summed E-state index contributed by atoms with van der Waals surface area (Å²) in [4.78, 5) is 1.75. The summed E-state index contributed by atoms with van der Waals surface area (Å²) < 4.78 is 29.1. The average Bonchev–Trinajstić information content (AvgIpc) is 3.08. The molecule has 3 heterocycles. The van der Waals surface area contributed by atoms with Gasteiger partial charge in [-0.05, 0) is 44.1 Å². The lowest BCUT2D eigenvalue weighted by atomic mass is 9.97. The van der Waals surface area contributed by atoms with Crippen LogP contribution < -0.4 is 0 Å². The van der Waals surface area contributed by atoms with Crippen molar-refractivity contribution >= 4 is 21.4 Å². The Kier molecular flexibility index (Phi) is 4.13. The second-order valence-electron chi connectivity index (χ2n) is 5.82. The zero-order valence-electron chi connectivity index (χ0n) is 13.1. The Labute approximate surface area is 135 Å². The third-order valence-corrected chi connectivity index (χ3v) is 7.63. The highest BCUT2D eigenvalue weighted by molar-refractivity contribution is 7.89. The molecule has 0 atom stereocenters. The summed E-state index contributed by atoms with van der Waals surface area (Å²) in [5, 5.41) is 6.32. The van der Waals surface area contributed by atoms with Gasteiger partial charge in [-0.3, -0.25) is 4.68 Å². The molecule has 0 N–H and O–H groups in total. The number of sulfonamides is 1. The molecule has 0 unspecified atom stereocenters. The summed E-state index contributed by atoms with van der Waals surface area (Å²) in [5.41, 5.74) is 1.29. The minimum Gasteiger partial charge on any atom is -0.271 e. The van der Waals surface area contributed by atoms with Gasteiger partial charge in [-0.15, -0.1) is 11.3 Å². The molecule has 0 saturated carbocycles. The second-order valence-corrected chi connectivity index (χ2v) is 8.67. The first-order valence-corrected chi connectivity index (χ1v) is 9.77. The van der Waals surface area contributed by atoms with Crippen LogP contribution in [0.2, 0.25) is 0 Å². The van der Waals surface area contributed by atoms with Crippen molar-refractivity contribution in [1.82, 2.24) is 14.1 Å². The van der Waals surface area contributed by atoms with Crippen molar-refractivity contribution in [3.05, 3.63) is 33.8 Å². The molecule has 0 bridgehead atoms. The summed E-state index contributed by atoms with van der Waals surface area (Å²) in [6, 6.07) is 4.21. The van der Waals surface area contributed by atoms with Gasteiger partial charge in [0.2, 0.25) is 10.0 Å². The molecule has 1 fully saturated rings. The number of nitrogens with zero attached hydrogens (tertiary/aromatic N) is 3. The summed E-state index contributed by atoms with van der Waals surface area (Å²) in [6.07, 6.45) is 1.77. The molecule has 7 heteroatoms. The molecule has 1 aliphatic heterocycles. The van der Waals surface area contributed by atoms with Gasteiger partial charge >= 0.3 is 0 Å². The van der Waals surface area contributed by atoms with Crippen LogP contribution in [-0.2, 0) is 17.1 Å². The van der Waals surface area contributed by atoms with Crippen molar-refractivity contribution < 1.29 is 8.42 Å². The Bertz CT molecular complexity index is 755. The fourth-order valence-electron chi connectivity index (χ4n) is 3.16. The van der Waals surface area contributed by atoms with E-state index in [1.54, 1.807) is 34.3 Å². The van der Waals surface area contributed by atoms with Gasteiger partial charge in [0, 0.05) is 25.0 Å². The van der Waals surface area contributed by atoms with E-state index in [1.807, 2.05) is 6.92 Å². The van der Waals surface area contributed by atoms with Crippen molar-refractivity contribution in [1.29, 1.82) is 0 Å². The van der Waals surface area contributed by atoms with Crippen molar-refractivity contribution in [3.8, 4) is 0 Å². The topological polar surface area (TPSA) is 55.2 Å². The lowest BCUT2D eigenvalue weighted by molar-refractivity contribution is 0.321. The normalized spacial score (nSPS) is 18.0. The number of hydrogen-bond donors (Lipinski definition) is 0. The minimum absolute atomic E-state index is 0.379. The molecule has 0 amide bonds. The number of rotatable bonds is 3. The van der Waals surface area contributed by atoms with Crippen LogP contribution in [0.5, 0.6) is 0 Å². The molecule has 0 aliphatic carbocycles. The lowest BCUT2D eigenvalue weighted by Gasteiger charge is -2.30. The quantitative estimate of drug-likeness (QED) is 0.864. The maximum Gasteiger partial charge on any atom is 0.246 e. The number of hydrogen-bond acceptors (Lipinski definition) is 4. The number of piperidine rings is 1. The average molecular weight is 339 g/mol. The molecule has 22 heavy (non-hydrogen) atoms. The van der Waals surface area contributed by atoms with Gasteiger partial charge in [0.25, 0.3) is 0 Å². The Morgan fingerprint density at radius 3 is 2.45 bits per heavy atom. The lowest BCUT2D eigenvalue weighted by Crippen LogP contribution is -2.38. The van der Waals surface area contributed by atoms with Crippen molar-refractivity contribution in [2.75, 3.05) is 13.1 Å². The molecular formula is C15H21N3O2S2. The summed E-state index contributed by atoms with van der Waals surface area (Å²) in [7, 11) is -1.66. The van der Waals surface area contributed by atoms with E-state index >= 15 is 0 Å². The highest BCUT2D eigenvalue weighted by Gasteiger charge is 2.33. The number of aromatic nitrogens is 2. The first-order valence-electron chi connectivity index (χ1n) is 7.45. The van der Waals surface area contributed by atoms with E-state index in [4.69, 9.17) is 0 Å². The fourth-order valence-corrected chi connectivity index (χ4v) is 5.93. The zero-order valence-corrected chi connectivity index (χ0v) is 14.7. The van der Waals surface area contributed by atoms with Crippen LogP contribution in [0.25, 0.3) is 0 Å². The van der Waals surface area contributed by atoms with Crippen LogP contribution >= 0.6 is 11.3 Å². The molecule has 1 saturated heterocycles. The van der Waals surface area contributed by atoms with Crippen LogP contribution in [0.4, 0.5) is 0 Å². The van der Waals surface area contributed by atoms with E-state index in [0.717, 1.165) is 12.8 Å². The van der Waals surface area contributed by atoms with E-state index in [2.05, 4.69) is 22.6 Å². The first kappa shape index (κ1) is 15.7. The van der Waals surface area contributed by atoms with Crippen LogP contribution in [0.15, 0.2) is 22.4 Å². The summed E-state index contributed by atoms with van der Waals surface area (Å²) in [5.74, 6) is 0.488. The predicted octanol–water partition coefficient (Wildman–Crippen LogP) is 2.67. The highest BCUT2D eigenvalue weighted by atomic mass is 32.2. The second kappa shape index (κ2) is 5.79. The largest absolute Gasteiger partial charge is 0.271 e. The standard InChI is InChI=1S/C15H21N3O2S2/c1-11-15(12(2)17(3)16-11)22(19,20)18-8-6-13(7-9-18)14-5-4-10-21-14/h4-5,10,13H,6-9H2,1-3H3. The van der Waals surface area contributed by atoms with Gasteiger partial charge in [-0.2, -0.15) is 9.40 Å². The number of thiophene rings is 1. The van der Waals surface area contributed by atoms with Crippen LogP contribution in [0, 0.1) is 13.8 Å². The van der Waals surface area contributed by atoms with Crippen molar-refractivity contribution in [2.45, 2.75) is 37.5 Å². The van der Waals surface area contributed by atoms with Crippen molar-refractivity contribution in [3.63, 3.8) is 0 Å². The fraction of sp³-hybridized carbons (Fsp3) is 0.533. The zero-order chi connectivity index (χ0) is 15.9. The molecular weight excluding hydrogens is 318 g/mol. The minimum atomic E-state index is -3.44. The SMILES string of the molecule is Cc1nn(C)c(C)c1S(=O)(=O)N1CCC(c2cccs2)CC1. The monoisotopic (exact) mass is 339 g/mol. The van der Waals surface area contributed by atoms with Gasteiger partial charge in [0.15, 0.2) is 0 Å². The van der Waals surface area contributed by atoms with Crippen LogP contribution in [0.3, 0.4) is 0 Å². The Morgan fingerprint density at radius 2 is 1.95 bits per heavy atom. The number of aryl methyl sites for hydroxylation is 2. The molecule has 120 valence electrons. The molecule has 5 nitrogen and oxygen atoms in total. The molecule has 1 aliphatic rings. The van der Waals surface area contributed by atoms with Crippen LogP contribution in [0.1, 0.15) is 35.0 Å².